The normalized spacial score (nSPS) is 28.9. The predicted molar refractivity (Wildman–Crippen MR) is 64.4 cm³/mol. The summed E-state index contributed by atoms with van der Waals surface area (Å²) in [5.41, 5.74) is 0.471. The molecule has 1 N–H and O–H groups in total. The SMILES string of the molecule is COC1(C)C(O)=CC=CC1c1ccccc1. The Balaban J connectivity index is 2.42. The molecule has 0 aliphatic heterocycles. The van der Waals surface area contributed by atoms with Crippen molar-refractivity contribution in [3.05, 3.63) is 59.9 Å². The number of benzene rings is 1. The van der Waals surface area contributed by atoms with Crippen molar-refractivity contribution in [1.29, 1.82) is 0 Å². The molecule has 1 aliphatic carbocycles. The molecule has 0 fully saturated rings. The van der Waals surface area contributed by atoms with Gasteiger partial charge >= 0.3 is 0 Å². The summed E-state index contributed by atoms with van der Waals surface area (Å²) in [6.07, 6.45) is 5.61. The molecule has 84 valence electrons. The van der Waals surface area contributed by atoms with E-state index in [4.69, 9.17) is 4.74 Å². The van der Waals surface area contributed by atoms with E-state index in [0.29, 0.717) is 0 Å². The van der Waals surface area contributed by atoms with E-state index in [0.717, 1.165) is 5.56 Å². The molecule has 2 nitrogen and oxygen atoms in total. The molecule has 0 bridgehead atoms. The zero-order valence-corrected chi connectivity index (χ0v) is 9.55. The molecule has 16 heavy (non-hydrogen) atoms. The smallest absolute Gasteiger partial charge is 0.132 e. The molecule has 0 aromatic heterocycles. The Morgan fingerprint density at radius 2 is 1.94 bits per heavy atom. The van der Waals surface area contributed by atoms with E-state index in [1.807, 2.05) is 43.3 Å². The van der Waals surface area contributed by atoms with E-state index in [1.165, 1.54) is 0 Å². The maximum absolute atomic E-state index is 9.94. The molecule has 0 spiro atoms. The quantitative estimate of drug-likeness (QED) is 0.822. The monoisotopic (exact) mass is 216 g/mol. The number of rotatable bonds is 2. The van der Waals surface area contributed by atoms with Gasteiger partial charge in [0.1, 0.15) is 11.4 Å². The number of hydrogen-bond donors (Lipinski definition) is 1. The van der Waals surface area contributed by atoms with Crippen molar-refractivity contribution in [2.75, 3.05) is 7.11 Å². The zero-order valence-electron chi connectivity index (χ0n) is 9.55. The maximum Gasteiger partial charge on any atom is 0.132 e. The second-order valence-corrected chi connectivity index (χ2v) is 4.14. The molecule has 2 atom stereocenters. The van der Waals surface area contributed by atoms with Gasteiger partial charge in [0.2, 0.25) is 0 Å². The Kier molecular flexibility index (Phi) is 2.84. The highest BCUT2D eigenvalue weighted by molar-refractivity contribution is 5.37. The van der Waals surface area contributed by atoms with Gasteiger partial charge in [-0.2, -0.15) is 0 Å². The molecule has 0 amide bonds. The van der Waals surface area contributed by atoms with E-state index < -0.39 is 5.60 Å². The van der Waals surface area contributed by atoms with E-state index in [9.17, 15) is 5.11 Å². The highest BCUT2D eigenvalue weighted by Crippen LogP contribution is 2.39. The fraction of sp³-hybridized carbons (Fsp3) is 0.286. The fourth-order valence-corrected chi connectivity index (χ4v) is 2.09. The lowest BCUT2D eigenvalue weighted by molar-refractivity contribution is -0.00795. The Morgan fingerprint density at radius 3 is 2.56 bits per heavy atom. The van der Waals surface area contributed by atoms with E-state index >= 15 is 0 Å². The lowest BCUT2D eigenvalue weighted by Gasteiger charge is -2.36. The van der Waals surface area contributed by atoms with Gasteiger partial charge in [0.05, 0.1) is 0 Å². The third-order valence-corrected chi connectivity index (χ3v) is 3.24. The molecule has 0 saturated heterocycles. The van der Waals surface area contributed by atoms with Crippen molar-refractivity contribution in [3.63, 3.8) is 0 Å². The van der Waals surface area contributed by atoms with Crippen molar-refractivity contribution in [2.45, 2.75) is 18.4 Å². The van der Waals surface area contributed by atoms with Gasteiger partial charge in [0.25, 0.3) is 0 Å². The van der Waals surface area contributed by atoms with Crippen LogP contribution in [-0.2, 0) is 4.74 Å². The summed E-state index contributed by atoms with van der Waals surface area (Å²) in [6.45, 7) is 1.90. The van der Waals surface area contributed by atoms with Crippen LogP contribution in [0.4, 0.5) is 0 Å². The first-order chi connectivity index (χ1) is 7.68. The van der Waals surface area contributed by atoms with Gasteiger partial charge in [0.15, 0.2) is 0 Å². The van der Waals surface area contributed by atoms with Gasteiger partial charge in [-0.05, 0) is 18.6 Å². The molecule has 2 heteroatoms. The Morgan fingerprint density at radius 1 is 1.25 bits per heavy atom. The summed E-state index contributed by atoms with van der Waals surface area (Å²) in [5, 5.41) is 9.94. The summed E-state index contributed by atoms with van der Waals surface area (Å²) in [6, 6.07) is 10.1. The van der Waals surface area contributed by atoms with Crippen molar-refractivity contribution < 1.29 is 9.84 Å². The third-order valence-electron chi connectivity index (χ3n) is 3.24. The molecule has 1 aliphatic rings. The van der Waals surface area contributed by atoms with Crippen molar-refractivity contribution in [2.24, 2.45) is 0 Å². The molecule has 0 radical (unpaired) electrons. The van der Waals surface area contributed by atoms with Crippen molar-refractivity contribution >= 4 is 0 Å². The van der Waals surface area contributed by atoms with Crippen LogP contribution >= 0.6 is 0 Å². The standard InChI is InChI=1S/C14H16O2/c1-14(16-2)12(9-6-10-13(14)15)11-7-4-3-5-8-11/h3-10,12,15H,1-2H3. The number of aliphatic hydroxyl groups excluding tert-OH is 1. The second kappa shape index (κ2) is 4.14. The van der Waals surface area contributed by atoms with Gasteiger partial charge in [-0.1, -0.05) is 42.5 Å². The number of methoxy groups -OCH3 is 1. The van der Waals surface area contributed by atoms with Gasteiger partial charge in [-0.25, -0.2) is 0 Å². The lowest BCUT2D eigenvalue weighted by Crippen LogP contribution is -2.37. The van der Waals surface area contributed by atoms with Crippen molar-refractivity contribution in [3.8, 4) is 0 Å². The number of allylic oxidation sites excluding steroid dienone is 2. The first-order valence-electron chi connectivity index (χ1n) is 5.36. The lowest BCUT2D eigenvalue weighted by atomic mass is 9.79. The highest BCUT2D eigenvalue weighted by Gasteiger charge is 2.39. The first kappa shape index (κ1) is 11.0. The summed E-state index contributed by atoms with van der Waals surface area (Å²) < 4.78 is 5.49. The first-order valence-corrected chi connectivity index (χ1v) is 5.36. The molecular weight excluding hydrogens is 200 g/mol. The molecule has 2 unspecified atom stereocenters. The Bertz CT molecular complexity index is 420. The Hall–Kier alpha value is -1.54. The fourth-order valence-electron chi connectivity index (χ4n) is 2.09. The van der Waals surface area contributed by atoms with Gasteiger partial charge in [-0.3, -0.25) is 0 Å². The van der Waals surface area contributed by atoms with Crippen LogP contribution in [-0.4, -0.2) is 17.8 Å². The zero-order chi connectivity index (χ0) is 11.6. The van der Waals surface area contributed by atoms with E-state index in [2.05, 4.69) is 6.08 Å². The van der Waals surface area contributed by atoms with Crippen LogP contribution in [0.25, 0.3) is 0 Å². The van der Waals surface area contributed by atoms with Crippen LogP contribution in [0.3, 0.4) is 0 Å². The van der Waals surface area contributed by atoms with Crippen LogP contribution in [0.15, 0.2) is 54.3 Å². The third kappa shape index (κ3) is 1.65. The van der Waals surface area contributed by atoms with Gasteiger partial charge < -0.3 is 9.84 Å². The maximum atomic E-state index is 9.94. The topological polar surface area (TPSA) is 29.5 Å². The van der Waals surface area contributed by atoms with Crippen LogP contribution in [0.1, 0.15) is 18.4 Å². The van der Waals surface area contributed by atoms with Crippen LogP contribution < -0.4 is 0 Å². The predicted octanol–water partition coefficient (Wildman–Crippen LogP) is 3.19. The molecular formula is C14H16O2. The second-order valence-electron chi connectivity index (χ2n) is 4.14. The Labute approximate surface area is 95.9 Å². The summed E-state index contributed by atoms with van der Waals surface area (Å²) in [5.74, 6) is 0.315. The minimum Gasteiger partial charge on any atom is -0.509 e. The average molecular weight is 216 g/mol. The molecule has 2 rings (SSSR count). The minimum atomic E-state index is -0.671. The molecule has 1 aromatic rings. The van der Waals surface area contributed by atoms with E-state index in [-0.39, 0.29) is 11.7 Å². The molecule has 1 aromatic carbocycles. The summed E-state index contributed by atoms with van der Waals surface area (Å²) >= 11 is 0. The van der Waals surface area contributed by atoms with Gasteiger partial charge in [0, 0.05) is 13.0 Å². The van der Waals surface area contributed by atoms with Crippen molar-refractivity contribution in [1.82, 2.24) is 0 Å². The van der Waals surface area contributed by atoms with Crippen LogP contribution in [0.5, 0.6) is 0 Å². The van der Waals surface area contributed by atoms with E-state index in [1.54, 1.807) is 13.2 Å². The average Bonchev–Trinajstić information content (AvgIpc) is 2.34. The summed E-state index contributed by atoms with van der Waals surface area (Å²) in [4.78, 5) is 0. The van der Waals surface area contributed by atoms with Gasteiger partial charge in [-0.15, -0.1) is 0 Å². The number of aliphatic hydroxyl groups is 1. The number of ether oxygens (including phenoxy) is 1. The molecule has 0 heterocycles. The largest absolute Gasteiger partial charge is 0.509 e. The van der Waals surface area contributed by atoms with Crippen LogP contribution in [0, 0.1) is 0 Å². The minimum absolute atomic E-state index is 0.0451. The summed E-state index contributed by atoms with van der Waals surface area (Å²) in [7, 11) is 1.62. The van der Waals surface area contributed by atoms with Crippen LogP contribution in [0.2, 0.25) is 0 Å². The highest BCUT2D eigenvalue weighted by atomic mass is 16.5. The molecule has 0 saturated carbocycles. The number of hydrogen-bond acceptors (Lipinski definition) is 2.